The molecule has 3 aromatic rings. The molecular formula is C19H24N6. The highest BCUT2D eigenvalue weighted by Gasteiger charge is 2.16. The predicted octanol–water partition coefficient (Wildman–Crippen LogP) is 2.28. The molecule has 6 nitrogen and oxygen atoms in total. The molecule has 0 aliphatic carbocycles. The second-order valence-electron chi connectivity index (χ2n) is 6.74. The molecule has 130 valence electrons. The summed E-state index contributed by atoms with van der Waals surface area (Å²) in [7, 11) is 1.99. The minimum Gasteiger partial charge on any atom is -0.364 e. The van der Waals surface area contributed by atoms with Crippen LogP contribution in [-0.4, -0.2) is 32.8 Å². The molecule has 0 spiro atoms. The molecule has 6 heteroatoms. The second kappa shape index (κ2) is 6.44. The lowest BCUT2D eigenvalue weighted by atomic mass is 10.1. The number of aromatic nitrogens is 4. The maximum Gasteiger partial charge on any atom is 0.133 e. The van der Waals surface area contributed by atoms with Gasteiger partial charge in [0.1, 0.15) is 11.6 Å². The normalized spacial score (nSPS) is 14.4. The van der Waals surface area contributed by atoms with Crippen molar-refractivity contribution in [1.82, 2.24) is 25.1 Å². The molecule has 3 heterocycles. The first kappa shape index (κ1) is 16.0. The van der Waals surface area contributed by atoms with Crippen molar-refractivity contribution in [2.75, 3.05) is 18.4 Å². The van der Waals surface area contributed by atoms with Gasteiger partial charge in [0.05, 0.1) is 23.4 Å². The van der Waals surface area contributed by atoms with E-state index in [4.69, 9.17) is 5.10 Å². The number of benzene rings is 1. The Morgan fingerprint density at radius 1 is 1.16 bits per heavy atom. The topological polar surface area (TPSA) is 67.7 Å². The first-order chi connectivity index (χ1) is 12.1. The average Bonchev–Trinajstić information content (AvgIpc) is 2.75. The summed E-state index contributed by atoms with van der Waals surface area (Å²) in [6.07, 6.45) is 1.92. The third-order valence-corrected chi connectivity index (χ3v) is 4.80. The van der Waals surface area contributed by atoms with Crippen LogP contribution in [0, 0.1) is 13.8 Å². The Morgan fingerprint density at radius 3 is 2.88 bits per heavy atom. The van der Waals surface area contributed by atoms with Crippen LogP contribution in [0.5, 0.6) is 0 Å². The molecule has 0 amide bonds. The van der Waals surface area contributed by atoms with Gasteiger partial charge in [-0.2, -0.15) is 5.10 Å². The van der Waals surface area contributed by atoms with Gasteiger partial charge in [0.15, 0.2) is 0 Å². The van der Waals surface area contributed by atoms with Crippen molar-refractivity contribution in [1.29, 1.82) is 0 Å². The largest absolute Gasteiger partial charge is 0.364 e. The van der Waals surface area contributed by atoms with E-state index in [0.717, 1.165) is 48.8 Å². The van der Waals surface area contributed by atoms with Gasteiger partial charge in [-0.15, -0.1) is 0 Å². The molecule has 2 N–H and O–H groups in total. The van der Waals surface area contributed by atoms with Crippen LogP contribution in [0.3, 0.4) is 0 Å². The smallest absolute Gasteiger partial charge is 0.133 e. The molecule has 0 saturated carbocycles. The number of nitrogens with one attached hydrogen (secondary N) is 2. The van der Waals surface area contributed by atoms with Crippen LogP contribution < -0.4 is 10.6 Å². The second-order valence-corrected chi connectivity index (χ2v) is 6.74. The van der Waals surface area contributed by atoms with Crippen LogP contribution in [0.1, 0.15) is 28.3 Å². The zero-order valence-corrected chi connectivity index (χ0v) is 15.1. The van der Waals surface area contributed by atoms with E-state index in [2.05, 4.69) is 45.7 Å². The molecule has 4 rings (SSSR count). The van der Waals surface area contributed by atoms with E-state index in [1.165, 1.54) is 22.2 Å². The van der Waals surface area contributed by atoms with Crippen molar-refractivity contribution >= 4 is 16.7 Å². The van der Waals surface area contributed by atoms with Crippen molar-refractivity contribution in [3.63, 3.8) is 0 Å². The summed E-state index contributed by atoms with van der Waals surface area (Å²) in [6.45, 7) is 6.69. The Morgan fingerprint density at radius 2 is 2.00 bits per heavy atom. The molecule has 25 heavy (non-hydrogen) atoms. The molecule has 1 aromatic carbocycles. The van der Waals surface area contributed by atoms with Crippen LogP contribution in [0.15, 0.2) is 18.2 Å². The van der Waals surface area contributed by atoms with Crippen molar-refractivity contribution < 1.29 is 0 Å². The van der Waals surface area contributed by atoms with E-state index in [1.54, 1.807) is 0 Å². The number of rotatable bonds is 3. The van der Waals surface area contributed by atoms with Crippen LogP contribution in [-0.2, 0) is 26.4 Å². The van der Waals surface area contributed by atoms with E-state index in [1.807, 2.05) is 18.7 Å². The van der Waals surface area contributed by atoms with Crippen molar-refractivity contribution in [3.05, 3.63) is 46.5 Å². The van der Waals surface area contributed by atoms with Gasteiger partial charge in [-0.05, 0) is 38.9 Å². The summed E-state index contributed by atoms with van der Waals surface area (Å²) in [5.74, 6) is 1.78. The van der Waals surface area contributed by atoms with E-state index < -0.39 is 0 Å². The Labute approximate surface area is 147 Å². The van der Waals surface area contributed by atoms with Gasteiger partial charge in [-0.25, -0.2) is 9.97 Å². The van der Waals surface area contributed by atoms with E-state index in [9.17, 15) is 0 Å². The van der Waals surface area contributed by atoms with E-state index in [0.29, 0.717) is 6.54 Å². The lowest BCUT2D eigenvalue weighted by molar-refractivity contribution is 0.708. The highest BCUT2D eigenvalue weighted by atomic mass is 15.3. The quantitative estimate of drug-likeness (QED) is 0.768. The van der Waals surface area contributed by atoms with Crippen molar-refractivity contribution in [2.45, 2.75) is 33.2 Å². The van der Waals surface area contributed by atoms with Crippen LogP contribution in [0.25, 0.3) is 10.9 Å². The molecule has 0 fully saturated rings. The SMILES string of the molecule is Cc1ccc2c(c1)c(CNc1nc(C)nc3c1CCNCC3)nn2C. The third kappa shape index (κ3) is 3.09. The Bertz CT molecular complexity index is 927. The number of fused-ring (bicyclic) bond motifs is 2. The lowest BCUT2D eigenvalue weighted by Gasteiger charge is -2.13. The third-order valence-electron chi connectivity index (χ3n) is 4.80. The zero-order chi connectivity index (χ0) is 17.4. The van der Waals surface area contributed by atoms with Gasteiger partial charge in [-0.1, -0.05) is 11.6 Å². The van der Waals surface area contributed by atoms with E-state index in [-0.39, 0.29) is 0 Å². The van der Waals surface area contributed by atoms with E-state index >= 15 is 0 Å². The fourth-order valence-corrected chi connectivity index (χ4v) is 3.56. The molecule has 1 aliphatic rings. The summed E-state index contributed by atoms with van der Waals surface area (Å²) in [6, 6.07) is 6.46. The number of hydrogen-bond acceptors (Lipinski definition) is 5. The Balaban J connectivity index is 1.66. The summed E-state index contributed by atoms with van der Waals surface area (Å²) < 4.78 is 1.95. The molecular weight excluding hydrogens is 312 g/mol. The zero-order valence-electron chi connectivity index (χ0n) is 15.1. The standard InChI is InChI=1S/C19H24N6/c1-12-4-5-18-15(10-12)17(24-25(18)3)11-21-19-14-6-8-20-9-7-16(14)22-13(2)23-19/h4-5,10,20H,6-9,11H2,1-3H3,(H,21,22,23). The molecule has 0 saturated heterocycles. The summed E-state index contributed by atoms with van der Waals surface area (Å²) in [4.78, 5) is 9.31. The number of aryl methyl sites for hydroxylation is 3. The number of nitrogens with zero attached hydrogens (tertiary/aromatic N) is 4. The van der Waals surface area contributed by atoms with Crippen molar-refractivity contribution in [3.8, 4) is 0 Å². The minimum atomic E-state index is 0.664. The molecule has 1 aliphatic heterocycles. The Hall–Kier alpha value is -2.47. The van der Waals surface area contributed by atoms with Gasteiger partial charge in [-0.3, -0.25) is 4.68 Å². The van der Waals surface area contributed by atoms with Gasteiger partial charge < -0.3 is 10.6 Å². The number of anilines is 1. The van der Waals surface area contributed by atoms with Gasteiger partial charge in [0.2, 0.25) is 0 Å². The summed E-state index contributed by atoms with van der Waals surface area (Å²) in [5.41, 5.74) is 5.87. The van der Waals surface area contributed by atoms with Crippen molar-refractivity contribution in [2.24, 2.45) is 7.05 Å². The number of hydrogen-bond donors (Lipinski definition) is 2. The maximum absolute atomic E-state index is 4.70. The highest BCUT2D eigenvalue weighted by molar-refractivity contribution is 5.82. The summed E-state index contributed by atoms with van der Waals surface area (Å²) >= 11 is 0. The van der Waals surface area contributed by atoms with Crippen LogP contribution in [0.4, 0.5) is 5.82 Å². The predicted molar refractivity (Wildman–Crippen MR) is 99.8 cm³/mol. The Kier molecular flexibility index (Phi) is 4.13. The molecule has 0 radical (unpaired) electrons. The molecule has 0 unspecified atom stereocenters. The first-order valence-corrected chi connectivity index (χ1v) is 8.85. The monoisotopic (exact) mass is 336 g/mol. The summed E-state index contributed by atoms with van der Waals surface area (Å²) in [5, 5.41) is 12.9. The lowest BCUT2D eigenvalue weighted by Crippen LogP contribution is -2.16. The minimum absolute atomic E-state index is 0.664. The highest BCUT2D eigenvalue weighted by Crippen LogP contribution is 2.23. The first-order valence-electron chi connectivity index (χ1n) is 8.85. The maximum atomic E-state index is 4.70. The molecule has 2 aromatic heterocycles. The van der Waals surface area contributed by atoms with Gasteiger partial charge >= 0.3 is 0 Å². The molecule has 0 atom stereocenters. The van der Waals surface area contributed by atoms with Gasteiger partial charge in [0.25, 0.3) is 0 Å². The van der Waals surface area contributed by atoms with Crippen LogP contribution >= 0.6 is 0 Å². The average molecular weight is 336 g/mol. The molecule has 0 bridgehead atoms. The van der Waals surface area contributed by atoms with Gasteiger partial charge in [0, 0.05) is 31.0 Å². The fourth-order valence-electron chi connectivity index (χ4n) is 3.56. The van der Waals surface area contributed by atoms with Crippen LogP contribution in [0.2, 0.25) is 0 Å². The fraction of sp³-hybridized carbons (Fsp3) is 0.421.